The van der Waals surface area contributed by atoms with E-state index in [0.29, 0.717) is 19.5 Å². The van der Waals surface area contributed by atoms with Gasteiger partial charge in [0.15, 0.2) is 0 Å². The number of hydrogen-bond donors (Lipinski definition) is 2. The normalized spacial score (nSPS) is 25.4. The topological polar surface area (TPSA) is 75.8 Å². The zero-order valence-electron chi connectivity index (χ0n) is 12.1. The van der Waals surface area contributed by atoms with Crippen molar-refractivity contribution in [2.24, 2.45) is 11.1 Å². The van der Waals surface area contributed by atoms with Crippen LogP contribution in [0.25, 0.3) is 0 Å². The molecule has 3 N–H and O–H groups in total. The molecule has 1 rings (SSSR count). The number of β-amino-alcohol motifs (C(OH)–C–C–N with tert-alkyl or cyclic N) is 1. The van der Waals surface area contributed by atoms with Crippen molar-refractivity contribution >= 4 is 6.09 Å². The highest BCUT2D eigenvalue weighted by Gasteiger charge is 2.49. The van der Waals surface area contributed by atoms with Crippen molar-refractivity contribution in [2.75, 3.05) is 19.6 Å². The van der Waals surface area contributed by atoms with Crippen LogP contribution in [0.15, 0.2) is 0 Å². The Hall–Kier alpha value is -0.810. The average Bonchev–Trinajstić information content (AvgIpc) is 2.60. The van der Waals surface area contributed by atoms with Crippen LogP contribution < -0.4 is 5.73 Å². The number of carbonyl (C=O) groups is 1. The smallest absolute Gasteiger partial charge is 0.410 e. The maximum atomic E-state index is 11.9. The zero-order valence-corrected chi connectivity index (χ0v) is 12.1. The summed E-state index contributed by atoms with van der Waals surface area (Å²) in [7, 11) is 0. The minimum absolute atomic E-state index is 0.284. The molecule has 1 aliphatic rings. The van der Waals surface area contributed by atoms with Crippen molar-refractivity contribution in [2.45, 2.75) is 52.2 Å². The molecule has 1 heterocycles. The molecule has 1 unspecified atom stereocenters. The van der Waals surface area contributed by atoms with E-state index in [4.69, 9.17) is 10.5 Å². The fourth-order valence-electron chi connectivity index (χ4n) is 2.02. The van der Waals surface area contributed by atoms with Crippen LogP contribution in [-0.2, 0) is 4.74 Å². The molecule has 1 fully saturated rings. The minimum atomic E-state index is -0.932. The first kappa shape index (κ1) is 15.2. The van der Waals surface area contributed by atoms with Crippen molar-refractivity contribution in [3.8, 4) is 0 Å². The number of nitrogens with two attached hydrogens (primary N) is 1. The largest absolute Gasteiger partial charge is 0.444 e. The van der Waals surface area contributed by atoms with Crippen LogP contribution in [0.2, 0.25) is 0 Å². The van der Waals surface area contributed by atoms with Gasteiger partial charge in [0.05, 0.1) is 12.1 Å². The van der Waals surface area contributed by atoms with Crippen molar-refractivity contribution in [1.82, 2.24) is 4.90 Å². The molecule has 0 aliphatic carbocycles. The van der Waals surface area contributed by atoms with Gasteiger partial charge in [0.25, 0.3) is 0 Å². The Morgan fingerprint density at radius 2 is 1.94 bits per heavy atom. The van der Waals surface area contributed by atoms with Gasteiger partial charge < -0.3 is 20.5 Å². The highest BCUT2D eigenvalue weighted by atomic mass is 16.6. The monoisotopic (exact) mass is 258 g/mol. The molecule has 106 valence electrons. The van der Waals surface area contributed by atoms with Crippen molar-refractivity contribution in [3.05, 3.63) is 0 Å². The lowest BCUT2D eigenvalue weighted by molar-refractivity contribution is -0.0541. The molecule has 18 heavy (non-hydrogen) atoms. The van der Waals surface area contributed by atoms with Crippen LogP contribution in [0, 0.1) is 5.41 Å². The second kappa shape index (κ2) is 4.70. The summed E-state index contributed by atoms with van der Waals surface area (Å²) >= 11 is 0. The highest BCUT2D eigenvalue weighted by molar-refractivity contribution is 5.68. The first-order valence-corrected chi connectivity index (χ1v) is 6.41. The fraction of sp³-hybridized carbons (Fsp3) is 0.923. The highest BCUT2D eigenvalue weighted by Crippen LogP contribution is 2.38. The number of nitrogens with zero attached hydrogens (tertiary/aromatic N) is 1. The van der Waals surface area contributed by atoms with Crippen LogP contribution >= 0.6 is 0 Å². The van der Waals surface area contributed by atoms with Gasteiger partial charge in [0.2, 0.25) is 0 Å². The predicted octanol–water partition coefficient (Wildman–Crippen LogP) is 1.34. The number of ether oxygens (including phenoxy) is 1. The van der Waals surface area contributed by atoms with E-state index in [1.165, 1.54) is 0 Å². The Bertz CT molecular complexity index is 323. The molecule has 1 saturated heterocycles. The lowest BCUT2D eigenvalue weighted by Gasteiger charge is -2.39. The van der Waals surface area contributed by atoms with Gasteiger partial charge >= 0.3 is 6.09 Å². The molecular weight excluding hydrogens is 232 g/mol. The van der Waals surface area contributed by atoms with E-state index in [-0.39, 0.29) is 12.6 Å². The Kier molecular flexibility index (Phi) is 3.98. The lowest BCUT2D eigenvalue weighted by Crippen LogP contribution is -2.51. The third-order valence-electron chi connectivity index (χ3n) is 3.67. The van der Waals surface area contributed by atoms with E-state index in [1.54, 1.807) is 4.90 Å². The Labute approximate surface area is 109 Å². The molecule has 1 atom stereocenters. The molecule has 5 nitrogen and oxygen atoms in total. The van der Waals surface area contributed by atoms with Gasteiger partial charge in [-0.1, -0.05) is 13.8 Å². The van der Waals surface area contributed by atoms with Gasteiger partial charge in [-0.05, 0) is 27.2 Å². The molecule has 0 aromatic carbocycles. The van der Waals surface area contributed by atoms with Gasteiger partial charge in [-0.3, -0.25) is 0 Å². The Morgan fingerprint density at radius 1 is 1.39 bits per heavy atom. The molecule has 1 amide bonds. The van der Waals surface area contributed by atoms with Gasteiger partial charge in [0.1, 0.15) is 5.60 Å². The number of rotatable bonds is 2. The lowest BCUT2D eigenvalue weighted by atomic mass is 9.74. The van der Waals surface area contributed by atoms with E-state index in [2.05, 4.69) is 0 Å². The van der Waals surface area contributed by atoms with E-state index in [9.17, 15) is 9.90 Å². The van der Waals surface area contributed by atoms with Crippen LogP contribution in [0.4, 0.5) is 4.79 Å². The fourth-order valence-corrected chi connectivity index (χ4v) is 2.02. The molecule has 0 spiro atoms. The van der Waals surface area contributed by atoms with Gasteiger partial charge in [-0.15, -0.1) is 0 Å². The van der Waals surface area contributed by atoms with E-state index >= 15 is 0 Å². The summed E-state index contributed by atoms with van der Waals surface area (Å²) in [6.45, 7) is 10.5. The molecule has 5 heteroatoms. The summed E-state index contributed by atoms with van der Waals surface area (Å²) in [5.74, 6) is 0. The maximum Gasteiger partial charge on any atom is 0.410 e. The van der Waals surface area contributed by atoms with Crippen molar-refractivity contribution in [3.63, 3.8) is 0 Å². The summed E-state index contributed by atoms with van der Waals surface area (Å²) in [5.41, 5.74) is 3.84. The standard InChI is InChI=1S/C13H26N2O3/c1-11(2,3)18-10(16)15-7-6-13(17,9-15)12(4,5)8-14/h17H,6-9,14H2,1-5H3. The maximum absolute atomic E-state index is 11.9. The Balaban J connectivity index is 2.69. The molecule has 0 saturated carbocycles. The molecule has 0 radical (unpaired) electrons. The van der Waals surface area contributed by atoms with Crippen molar-refractivity contribution in [1.29, 1.82) is 0 Å². The summed E-state index contributed by atoms with van der Waals surface area (Å²) in [6.07, 6.45) is 0.169. The van der Waals surface area contributed by atoms with E-state index in [1.807, 2.05) is 34.6 Å². The molecular formula is C13H26N2O3. The predicted molar refractivity (Wildman–Crippen MR) is 70.2 cm³/mol. The van der Waals surface area contributed by atoms with Gasteiger partial charge in [0, 0.05) is 18.5 Å². The molecule has 0 aromatic rings. The Morgan fingerprint density at radius 3 is 2.39 bits per heavy atom. The summed E-state index contributed by atoms with van der Waals surface area (Å²) in [6, 6.07) is 0. The van der Waals surface area contributed by atoms with Gasteiger partial charge in [-0.25, -0.2) is 4.79 Å². The second-order valence-electron chi connectivity index (χ2n) is 6.77. The van der Waals surface area contributed by atoms with Crippen LogP contribution in [0.1, 0.15) is 41.0 Å². The van der Waals surface area contributed by atoms with Crippen LogP contribution in [0.5, 0.6) is 0 Å². The minimum Gasteiger partial charge on any atom is -0.444 e. The number of amides is 1. The number of aliphatic hydroxyl groups is 1. The average molecular weight is 258 g/mol. The third-order valence-corrected chi connectivity index (χ3v) is 3.67. The van der Waals surface area contributed by atoms with Crippen LogP contribution in [-0.4, -0.2) is 46.9 Å². The number of likely N-dealkylation sites (tertiary alicyclic amines) is 1. The first-order chi connectivity index (χ1) is 8.01. The first-order valence-electron chi connectivity index (χ1n) is 6.41. The molecule has 1 aliphatic heterocycles. The SMILES string of the molecule is CC(C)(C)OC(=O)N1CCC(O)(C(C)(C)CN)C1. The van der Waals surface area contributed by atoms with Crippen LogP contribution in [0.3, 0.4) is 0 Å². The van der Waals surface area contributed by atoms with Crippen molar-refractivity contribution < 1.29 is 14.6 Å². The van der Waals surface area contributed by atoms with E-state index < -0.39 is 16.6 Å². The summed E-state index contributed by atoms with van der Waals surface area (Å²) in [4.78, 5) is 13.5. The quantitative estimate of drug-likeness (QED) is 0.784. The summed E-state index contributed by atoms with van der Waals surface area (Å²) in [5, 5.41) is 10.6. The van der Waals surface area contributed by atoms with Gasteiger partial charge in [-0.2, -0.15) is 0 Å². The molecule has 0 aromatic heterocycles. The number of hydrogen-bond acceptors (Lipinski definition) is 4. The zero-order chi connectivity index (χ0) is 14.2. The third kappa shape index (κ3) is 3.14. The number of carbonyl (C=O) groups excluding carboxylic acids is 1. The van der Waals surface area contributed by atoms with E-state index in [0.717, 1.165) is 0 Å². The molecule has 0 bridgehead atoms. The summed E-state index contributed by atoms with van der Waals surface area (Å²) < 4.78 is 5.31. The second-order valence-corrected chi connectivity index (χ2v) is 6.77.